The highest BCUT2D eigenvalue weighted by Gasteiger charge is 2.21. The van der Waals surface area contributed by atoms with Gasteiger partial charge in [-0.2, -0.15) is 5.26 Å². The van der Waals surface area contributed by atoms with Crippen molar-refractivity contribution in [2.24, 2.45) is 0 Å². The molecule has 10 aromatic rings. The first kappa shape index (κ1) is 26.1. The smallest absolute Gasteiger partial charge is 0.0991 e. The molecule has 3 nitrogen and oxygen atoms in total. The van der Waals surface area contributed by atoms with Gasteiger partial charge in [0, 0.05) is 52.8 Å². The standard InChI is InChI=1S/C43H25N3S/c44-26-27-21-23-39-34(25-27)30-13-3-8-18-37(30)45(39)35-16-6-1-11-28(35)29-12-2-7-17-36(29)46-38-19-9-4-15-33(38)42-40(46)24-22-32-31-14-5-10-20-41(31)47-43(32)42/h1-25H. The van der Waals surface area contributed by atoms with Gasteiger partial charge in [0.2, 0.25) is 0 Å². The molecule has 0 saturated carbocycles. The van der Waals surface area contributed by atoms with Crippen LogP contribution in [0.4, 0.5) is 0 Å². The quantitative estimate of drug-likeness (QED) is 0.195. The van der Waals surface area contributed by atoms with Gasteiger partial charge in [0.1, 0.15) is 0 Å². The molecule has 3 aromatic heterocycles. The maximum Gasteiger partial charge on any atom is 0.0991 e. The molecular formula is C43H25N3S. The van der Waals surface area contributed by atoms with Crippen LogP contribution in [0.2, 0.25) is 0 Å². The van der Waals surface area contributed by atoms with E-state index in [1.54, 1.807) is 0 Å². The Balaban J connectivity index is 1.29. The lowest BCUT2D eigenvalue weighted by Crippen LogP contribution is -2.01. The van der Waals surface area contributed by atoms with Crippen LogP contribution in [0.15, 0.2) is 152 Å². The second-order valence-corrected chi connectivity index (χ2v) is 13.1. The molecule has 218 valence electrons. The van der Waals surface area contributed by atoms with Crippen LogP contribution < -0.4 is 0 Å². The van der Waals surface area contributed by atoms with Gasteiger partial charge in [-0.25, -0.2) is 0 Å². The number of nitriles is 1. The largest absolute Gasteiger partial charge is 0.309 e. The van der Waals surface area contributed by atoms with Gasteiger partial charge in [0.05, 0.1) is 45.1 Å². The molecule has 0 amide bonds. The average molecular weight is 616 g/mol. The lowest BCUT2D eigenvalue weighted by atomic mass is 10.0. The van der Waals surface area contributed by atoms with Gasteiger partial charge in [0.25, 0.3) is 0 Å². The summed E-state index contributed by atoms with van der Waals surface area (Å²) in [7, 11) is 0. The molecule has 0 aliphatic carbocycles. The topological polar surface area (TPSA) is 33.6 Å². The molecule has 3 heterocycles. The fraction of sp³-hybridized carbons (Fsp3) is 0. The van der Waals surface area contributed by atoms with Crippen molar-refractivity contribution >= 4 is 75.1 Å². The first-order valence-corrected chi connectivity index (χ1v) is 16.6. The van der Waals surface area contributed by atoms with E-state index in [-0.39, 0.29) is 0 Å². The highest BCUT2D eigenvalue weighted by molar-refractivity contribution is 7.26. The fourth-order valence-corrected chi connectivity index (χ4v) is 8.85. The Morgan fingerprint density at radius 3 is 1.74 bits per heavy atom. The summed E-state index contributed by atoms with van der Waals surface area (Å²) in [6.45, 7) is 0. The summed E-state index contributed by atoms with van der Waals surface area (Å²) in [5, 5.41) is 17.1. The Hall–Kier alpha value is -6.15. The van der Waals surface area contributed by atoms with E-state index >= 15 is 0 Å². The third kappa shape index (κ3) is 3.66. The summed E-state index contributed by atoms with van der Waals surface area (Å²) in [5.74, 6) is 0. The summed E-state index contributed by atoms with van der Waals surface area (Å²) in [5.41, 5.74) is 9.80. The van der Waals surface area contributed by atoms with Gasteiger partial charge in [-0.3, -0.25) is 0 Å². The molecule has 10 rings (SSSR count). The van der Waals surface area contributed by atoms with E-state index in [0.717, 1.165) is 44.3 Å². The number of hydrogen-bond acceptors (Lipinski definition) is 2. The Kier molecular flexibility index (Phi) is 5.51. The molecule has 0 atom stereocenters. The van der Waals surface area contributed by atoms with Crippen LogP contribution in [0.3, 0.4) is 0 Å². The Bertz CT molecular complexity index is 2930. The molecule has 0 aliphatic rings. The maximum absolute atomic E-state index is 9.69. The minimum absolute atomic E-state index is 0.665. The number of aromatic nitrogens is 2. The third-order valence-electron chi connectivity index (χ3n) is 9.56. The lowest BCUT2D eigenvalue weighted by Gasteiger charge is -2.18. The molecule has 47 heavy (non-hydrogen) atoms. The van der Waals surface area contributed by atoms with E-state index in [2.05, 4.69) is 155 Å². The predicted molar refractivity (Wildman–Crippen MR) is 198 cm³/mol. The lowest BCUT2D eigenvalue weighted by molar-refractivity contribution is 1.16. The van der Waals surface area contributed by atoms with Crippen molar-refractivity contribution in [2.75, 3.05) is 0 Å². The van der Waals surface area contributed by atoms with E-state index in [0.29, 0.717) is 5.56 Å². The fourth-order valence-electron chi connectivity index (χ4n) is 7.59. The van der Waals surface area contributed by atoms with Crippen LogP contribution in [0.1, 0.15) is 5.56 Å². The number of benzene rings is 7. The van der Waals surface area contributed by atoms with E-state index in [1.165, 1.54) is 42.0 Å². The highest BCUT2D eigenvalue weighted by Crippen LogP contribution is 2.45. The SMILES string of the molecule is N#Cc1ccc2c(c1)c1ccccc1n2-c1ccccc1-c1ccccc1-n1c2ccccc2c2c3sc4ccccc4c3ccc21. The number of para-hydroxylation sites is 4. The molecule has 0 fully saturated rings. The van der Waals surface area contributed by atoms with Crippen molar-refractivity contribution in [1.82, 2.24) is 9.13 Å². The van der Waals surface area contributed by atoms with Crippen LogP contribution in [0.5, 0.6) is 0 Å². The number of nitrogens with zero attached hydrogens (tertiary/aromatic N) is 3. The van der Waals surface area contributed by atoms with E-state index in [4.69, 9.17) is 0 Å². The molecule has 0 saturated heterocycles. The molecular weight excluding hydrogens is 591 g/mol. The van der Waals surface area contributed by atoms with Crippen molar-refractivity contribution in [2.45, 2.75) is 0 Å². The van der Waals surface area contributed by atoms with Crippen LogP contribution in [0.25, 0.3) is 86.3 Å². The zero-order valence-corrected chi connectivity index (χ0v) is 26.0. The maximum atomic E-state index is 9.69. The second kappa shape index (κ2) is 9.92. The summed E-state index contributed by atoms with van der Waals surface area (Å²) < 4.78 is 7.45. The van der Waals surface area contributed by atoms with E-state index in [9.17, 15) is 5.26 Å². The summed E-state index contributed by atoms with van der Waals surface area (Å²) >= 11 is 1.88. The summed E-state index contributed by atoms with van der Waals surface area (Å²) in [4.78, 5) is 0. The molecule has 0 aliphatic heterocycles. The molecule has 0 unspecified atom stereocenters. The molecule has 0 radical (unpaired) electrons. The van der Waals surface area contributed by atoms with Crippen molar-refractivity contribution in [1.29, 1.82) is 5.26 Å². The molecule has 0 spiro atoms. The zero-order chi connectivity index (χ0) is 31.1. The highest BCUT2D eigenvalue weighted by atomic mass is 32.1. The minimum Gasteiger partial charge on any atom is -0.309 e. The van der Waals surface area contributed by atoms with Gasteiger partial charge >= 0.3 is 0 Å². The van der Waals surface area contributed by atoms with E-state index < -0.39 is 0 Å². The minimum atomic E-state index is 0.665. The predicted octanol–water partition coefficient (Wildman–Crippen LogP) is 11.8. The zero-order valence-electron chi connectivity index (χ0n) is 25.2. The summed E-state index contributed by atoms with van der Waals surface area (Å²) in [6, 6.07) is 56.4. The third-order valence-corrected chi connectivity index (χ3v) is 10.8. The number of hydrogen-bond donors (Lipinski definition) is 0. The van der Waals surface area contributed by atoms with E-state index in [1.807, 2.05) is 23.5 Å². The molecule has 0 N–H and O–H groups in total. The van der Waals surface area contributed by atoms with Crippen LogP contribution >= 0.6 is 11.3 Å². The normalized spacial score (nSPS) is 11.8. The van der Waals surface area contributed by atoms with Gasteiger partial charge in [0.15, 0.2) is 0 Å². The van der Waals surface area contributed by atoms with Crippen molar-refractivity contribution in [3.05, 3.63) is 157 Å². The Labute approximate surface area is 274 Å². The number of thiophene rings is 1. The van der Waals surface area contributed by atoms with Crippen LogP contribution in [-0.4, -0.2) is 9.13 Å². The first-order chi connectivity index (χ1) is 23.3. The second-order valence-electron chi connectivity index (χ2n) is 12.0. The van der Waals surface area contributed by atoms with Gasteiger partial charge in [-0.1, -0.05) is 97.1 Å². The molecule has 7 aromatic carbocycles. The Morgan fingerprint density at radius 2 is 1.00 bits per heavy atom. The average Bonchev–Trinajstić information content (AvgIpc) is 3.79. The van der Waals surface area contributed by atoms with Crippen LogP contribution in [-0.2, 0) is 0 Å². The van der Waals surface area contributed by atoms with Gasteiger partial charge in [-0.15, -0.1) is 11.3 Å². The van der Waals surface area contributed by atoms with Crippen molar-refractivity contribution in [3.63, 3.8) is 0 Å². The number of rotatable bonds is 3. The monoisotopic (exact) mass is 615 g/mol. The summed E-state index contributed by atoms with van der Waals surface area (Å²) in [6.07, 6.45) is 0. The molecule has 4 heteroatoms. The number of fused-ring (bicyclic) bond motifs is 10. The Morgan fingerprint density at radius 1 is 0.447 bits per heavy atom. The van der Waals surface area contributed by atoms with Crippen molar-refractivity contribution < 1.29 is 0 Å². The van der Waals surface area contributed by atoms with Gasteiger partial charge < -0.3 is 9.13 Å². The molecule has 0 bridgehead atoms. The van der Waals surface area contributed by atoms with Gasteiger partial charge in [-0.05, 0) is 54.6 Å². The van der Waals surface area contributed by atoms with Crippen molar-refractivity contribution in [3.8, 4) is 28.6 Å². The van der Waals surface area contributed by atoms with Crippen LogP contribution in [0, 0.1) is 11.3 Å². The first-order valence-electron chi connectivity index (χ1n) is 15.8.